The van der Waals surface area contributed by atoms with Gasteiger partial charge in [0.1, 0.15) is 0 Å². The molecule has 1 heterocycles. The van der Waals surface area contributed by atoms with Crippen LogP contribution in [0.3, 0.4) is 0 Å². The van der Waals surface area contributed by atoms with Crippen LogP contribution in [0.2, 0.25) is 0 Å². The number of rotatable bonds is 3. The van der Waals surface area contributed by atoms with Gasteiger partial charge in [-0.3, -0.25) is 0 Å². The Bertz CT molecular complexity index is 1310. The van der Waals surface area contributed by atoms with E-state index in [1.165, 1.54) is 16.5 Å². The first kappa shape index (κ1) is 17.6. The maximum Gasteiger partial charge on any atom is 0.0973 e. The van der Waals surface area contributed by atoms with Gasteiger partial charge >= 0.3 is 0 Å². The SMILES string of the molecule is CC(C)c1nc2ccc3ccc(-c4ccccc4)cc3c2nc1-c1ccccc1. The standard InChI is InChI=1S/C27H22N2/c1-18(2)25-26(21-11-7-4-8-12-21)29-27-23-17-22(19-9-5-3-6-10-19)14-13-20(23)15-16-24(27)28-25/h3-18H,1-2H3. The normalized spacial score (nSPS) is 11.4. The number of benzene rings is 4. The Labute approximate surface area is 170 Å². The second-order valence-electron chi connectivity index (χ2n) is 7.71. The van der Waals surface area contributed by atoms with Gasteiger partial charge in [-0.05, 0) is 34.6 Å². The minimum absolute atomic E-state index is 0.299. The van der Waals surface area contributed by atoms with E-state index in [1.54, 1.807) is 0 Å². The van der Waals surface area contributed by atoms with Crippen LogP contribution in [0.1, 0.15) is 25.5 Å². The molecule has 0 aliphatic rings. The molecular formula is C27H22N2. The molecule has 0 aliphatic carbocycles. The van der Waals surface area contributed by atoms with Gasteiger partial charge in [0.15, 0.2) is 0 Å². The highest BCUT2D eigenvalue weighted by atomic mass is 14.8. The summed E-state index contributed by atoms with van der Waals surface area (Å²) < 4.78 is 0. The minimum Gasteiger partial charge on any atom is -0.249 e. The lowest BCUT2D eigenvalue weighted by molar-refractivity contribution is 0.826. The first-order valence-electron chi connectivity index (χ1n) is 10.1. The maximum atomic E-state index is 5.17. The fraction of sp³-hybridized carbons (Fsp3) is 0.111. The van der Waals surface area contributed by atoms with Crippen molar-refractivity contribution < 1.29 is 0 Å². The summed E-state index contributed by atoms with van der Waals surface area (Å²) in [5, 5.41) is 2.33. The van der Waals surface area contributed by atoms with Crippen molar-refractivity contribution in [2.75, 3.05) is 0 Å². The zero-order valence-corrected chi connectivity index (χ0v) is 16.6. The van der Waals surface area contributed by atoms with E-state index < -0.39 is 0 Å². The number of fused-ring (bicyclic) bond motifs is 3. The van der Waals surface area contributed by atoms with E-state index in [0.717, 1.165) is 33.4 Å². The van der Waals surface area contributed by atoms with E-state index in [9.17, 15) is 0 Å². The number of hydrogen-bond donors (Lipinski definition) is 0. The van der Waals surface area contributed by atoms with Gasteiger partial charge in [-0.25, -0.2) is 9.97 Å². The van der Waals surface area contributed by atoms with E-state index in [-0.39, 0.29) is 0 Å². The van der Waals surface area contributed by atoms with Crippen LogP contribution in [0.15, 0.2) is 91.0 Å². The van der Waals surface area contributed by atoms with E-state index in [4.69, 9.17) is 9.97 Å². The molecule has 29 heavy (non-hydrogen) atoms. The highest BCUT2D eigenvalue weighted by Gasteiger charge is 2.15. The van der Waals surface area contributed by atoms with E-state index in [2.05, 4.69) is 92.7 Å². The van der Waals surface area contributed by atoms with Crippen LogP contribution in [0.25, 0.3) is 44.2 Å². The molecule has 0 aliphatic heterocycles. The molecule has 0 atom stereocenters. The zero-order valence-electron chi connectivity index (χ0n) is 16.6. The average molecular weight is 374 g/mol. The molecule has 0 N–H and O–H groups in total. The molecule has 0 saturated heterocycles. The van der Waals surface area contributed by atoms with Crippen molar-refractivity contribution in [3.05, 3.63) is 96.7 Å². The molecule has 0 fully saturated rings. The summed E-state index contributed by atoms with van der Waals surface area (Å²) in [6.45, 7) is 4.35. The van der Waals surface area contributed by atoms with Gasteiger partial charge in [-0.1, -0.05) is 92.7 Å². The number of aromatic nitrogens is 2. The Balaban J connectivity index is 1.81. The van der Waals surface area contributed by atoms with E-state index >= 15 is 0 Å². The van der Waals surface area contributed by atoms with Crippen molar-refractivity contribution in [3.8, 4) is 22.4 Å². The molecular weight excluding hydrogens is 352 g/mol. The van der Waals surface area contributed by atoms with Crippen LogP contribution in [-0.4, -0.2) is 9.97 Å². The molecule has 5 rings (SSSR count). The first-order valence-corrected chi connectivity index (χ1v) is 10.1. The Morgan fingerprint density at radius 3 is 1.97 bits per heavy atom. The van der Waals surface area contributed by atoms with Crippen molar-refractivity contribution in [2.24, 2.45) is 0 Å². The molecule has 1 aromatic heterocycles. The largest absolute Gasteiger partial charge is 0.249 e. The molecule has 2 heteroatoms. The van der Waals surface area contributed by atoms with Crippen LogP contribution in [0.4, 0.5) is 0 Å². The maximum absolute atomic E-state index is 5.17. The summed E-state index contributed by atoms with van der Waals surface area (Å²) in [5.74, 6) is 0.299. The number of hydrogen-bond acceptors (Lipinski definition) is 2. The second kappa shape index (κ2) is 7.14. The van der Waals surface area contributed by atoms with Crippen molar-refractivity contribution >= 4 is 21.8 Å². The summed E-state index contributed by atoms with van der Waals surface area (Å²) in [6, 6.07) is 31.7. The Hall–Kier alpha value is -3.52. The highest BCUT2D eigenvalue weighted by molar-refractivity contribution is 6.06. The van der Waals surface area contributed by atoms with Crippen molar-refractivity contribution in [2.45, 2.75) is 19.8 Å². The van der Waals surface area contributed by atoms with Gasteiger partial charge in [-0.2, -0.15) is 0 Å². The zero-order chi connectivity index (χ0) is 19.8. The van der Waals surface area contributed by atoms with Gasteiger partial charge in [0.05, 0.1) is 22.4 Å². The van der Waals surface area contributed by atoms with Crippen LogP contribution in [0, 0.1) is 0 Å². The lowest BCUT2D eigenvalue weighted by Gasteiger charge is -2.14. The Morgan fingerprint density at radius 2 is 1.28 bits per heavy atom. The molecule has 0 radical (unpaired) electrons. The van der Waals surface area contributed by atoms with E-state index in [1.807, 2.05) is 12.1 Å². The second-order valence-corrected chi connectivity index (χ2v) is 7.71. The van der Waals surface area contributed by atoms with Crippen LogP contribution < -0.4 is 0 Å². The summed E-state index contributed by atoms with van der Waals surface area (Å²) in [6.07, 6.45) is 0. The monoisotopic (exact) mass is 374 g/mol. The highest BCUT2D eigenvalue weighted by Crippen LogP contribution is 2.33. The molecule has 0 amide bonds. The fourth-order valence-electron chi connectivity index (χ4n) is 3.87. The molecule has 0 bridgehead atoms. The third-order valence-corrected chi connectivity index (χ3v) is 5.38. The summed E-state index contributed by atoms with van der Waals surface area (Å²) in [5.41, 5.74) is 7.45. The Morgan fingerprint density at radius 1 is 0.621 bits per heavy atom. The Kier molecular flexibility index (Phi) is 4.33. The molecule has 0 saturated carbocycles. The molecule has 2 nitrogen and oxygen atoms in total. The third-order valence-electron chi connectivity index (χ3n) is 5.38. The lowest BCUT2D eigenvalue weighted by Crippen LogP contribution is -2.01. The van der Waals surface area contributed by atoms with Crippen LogP contribution in [0.5, 0.6) is 0 Å². The van der Waals surface area contributed by atoms with Crippen molar-refractivity contribution in [1.82, 2.24) is 9.97 Å². The number of nitrogens with zero attached hydrogens (tertiary/aromatic N) is 2. The predicted octanol–water partition coefficient (Wildman–Crippen LogP) is 7.24. The molecule has 0 unspecified atom stereocenters. The van der Waals surface area contributed by atoms with Gasteiger partial charge < -0.3 is 0 Å². The van der Waals surface area contributed by atoms with Gasteiger partial charge in [0.2, 0.25) is 0 Å². The van der Waals surface area contributed by atoms with Crippen LogP contribution in [-0.2, 0) is 0 Å². The van der Waals surface area contributed by atoms with Crippen LogP contribution >= 0.6 is 0 Å². The smallest absolute Gasteiger partial charge is 0.0973 e. The summed E-state index contributed by atoms with van der Waals surface area (Å²) in [4.78, 5) is 10.2. The third kappa shape index (κ3) is 3.17. The van der Waals surface area contributed by atoms with Gasteiger partial charge in [0.25, 0.3) is 0 Å². The topological polar surface area (TPSA) is 25.8 Å². The lowest BCUT2D eigenvalue weighted by atomic mass is 9.98. The summed E-state index contributed by atoms with van der Waals surface area (Å²) >= 11 is 0. The molecule has 0 spiro atoms. The molecule has 4 aromatic carbocycles. The molecule has 5 aromatic rings. The van der Waals surface area contributed by atoms with Gasteiger partial charge in [-0.15, -0.1) is 0 Å². The van der Waals surface area contributed by atoms with E-state index in [0.29, 0.717) is 5.92 Å². The minimum atomic E-state index is 0.299. The van der Waals surface area contributed by atoms with Gasteiger partial charge in [0, 0.05) is 10.9 Å². The summed E-state index contributed by atoms with van der Waals surface area (Å²) in [7, 11) is 0. The fourth-order valence-corrected chi connectivity index (χ4v) is 3.87. The van der Waals surface area contributed by atoms with Crippen molar-refractivity contribution in [1.29, 1.82) is 0 Å². The predicted molar refractivity (Wildman–Crippen MR) is 122 cm³/mol. The quantitative estimate of drug-likeness (QED) is 0.311. The molecule has 140 valence electrons. The first-order chi connectivity index (χ1) is 14.2. The van der Waals surface area contributed by atoms with Crippen molar-refractivity contribution in [3.63, 3.8) is 0 Å². The average Bonchev–Trinajstić information content (AvgIpc) is 2.79.